The quantitative estimate of drug-likeness (QED) is 0.697. The van der Waals surface area contributed by atoms with E-state index in [1.165, 1.54) is 18.2 Å². The van der Waals surface area contributed by atoms with Crippen molar-refractivity contribution in [1.29, 1.82) is 0 Å². The van der Waals surface area contributed by atoms with Crippen LogP contribution in [0.3, 0.4) is 0 Å². The Labute approximate surface area is 82.1 Å². The Hall–Kier alpha value is -1.29. The zero-order valence-electron chi connectivity index (χ0n) is 7.79. The Balaban J connectivity index is 2.10. The van der Waals surface area contributed by atoms with Gasteiger partial charge in [-0.1, -0.05) is 0 Å². The molecule has 1 aliphatic rings. The summed E-state index contributed by atoms with van der Waals surface area (Å²) in [7, 11) is 0. The van der Waals surface area contributed by atoms with E-state index < -0.39 is 0 Å². The molecule has 1 aliphatic heterocycles. The predicted octanol–water partition coefficient (Wildman–Crippen LogP) is 1.15. The highest BCUT2D eigenvalue weighted by molar-refractivity contribution is 5.52. The van der Waals surface area contributed by atoms with Crippen LogP contribution in [0.25, 0.3) is 0 Å². The van der Waals surface area contributed by atoms with E-state index in [-0.39, 0.29) is 11.9 Å². The summed E-state index contributed by atoms with van der Waals surface area (Å²) in [6, 6.07) is 4.18. The molecule has 2 rings (SSSR count). The molecule has 0 aromatic heterocycles. The molecule has 1 atom stereocenters. The van der Waals surface area contributed by atoms with Crippen molar-refractivity contribution in [2.45, 2.75) is 12.5 Å². The van der Waals surface area contributed by atoms with E-state index >= 15 is 0 Å². The molecule has 0 radical (unpaired) electrons. The van der Waals surface area contributed by atoms with Gasteiger partial charge in [-0.3, -0.25) is 0 Å². The second-order valence-electron chi connectivity index (χ2n) is 3.41. The summed E-state index contributed by atoms with van der Waals surface area (Å²) in [4.78, 5) is 0. The Morgan fingerprint density at radius 3 is 3.07 bits per heavy atom. The molecule has 0 amide bonds. The van der Waals surface area contributed by atoms with Crippen LogP contribution in [-0.4, -0.2) is 19.2 Å². The van der Waals surface area contributed by atoms with Gasteiger partial charge in [0.1, 0.15) is 17.7 Å². The molecule has 3 N–H and O–H groups in total. The van der Waals surface area contributed by atoms with Crippen LogP contribution in [0.5, 0.6) is 5.75 Å². The number of nitrogens with one attached hydrogen (secondary N) is 1. The maximum atomic E-state index is 12.9. The third-order valence-electron chi connectivity index (χ3n) is 2.28. The lowest BCUT2D eigenvalue weighted by atomic mass is 10.2. The highest BCUT2D eigenvalue weighted by Gasteiger charge is 2.17. The predicted molar refractivity (Wildman–Crippen MR) is 52.7 cm³/mol. The Kier molecular flexibility index (Phi) is 2.54. The molecule has 14 heavy (non-hydrogen) atoms. The first-order valence-corrected chi connectivity index (χ1v) is 4.68. The summed E-state index contributed by atoms with van der Waals surface area (Å²) in [5, 5.41) is 3.17. The standard InChI is InChI=1S/C10H13FN2O/c11-7-1-2-9(12)10(5-7)14-8-3-4-13-6-8/h1-2,5,8,13H,3-4,6,12H2. The molecule has 1 unspecified atom stereocenters. The van der Waals surface area contributed by atoms with Crippen molar-refractivity contribution in [2.75, 3.05) is 18.8 Å². The third-order valence-corrected chi connectivity index (χ3v) is 2.28. The summed E-state index contributed by atoms with van der Waals surface area (Å²) in [5.41, 5.74) is 6.14. The topological polar surface area (TPSA) is 47.3 Å². The van der Waals surface area contributed by atoms with Crippen molar-refractivity contribution in [3.63, 3.8) is 0 Å². The summed E-state index contributed by atoms with van der Waals surface area (Å²) < 4.78 is 18.4. The molecule has 0 saturated carbocycles. The number of benzene rings is 1. The maximum absolute atomic E-state index is 12.9. The molecule has 4 heteroatoms. The van der Waals surface area contributed by atoms with Crippen molar-refractivity contribution in [3.8, 4) is 5.75 Å². The normalized spacial score (nSPS) is 21.1. The lowest BCUT2D eigenvalue weighted by molar-refractivity contribution is 0.223. The molecule has 0 aliphatic carbocycles. The second kappa shape index (κ2) is 3.84. The van der Waals surface area contributed by atoms with E-state index in [9.17, 15) is 4.39 Å². The number of ether oxygens (including phenoxy) is 1. The minimum Gasteiger partial charge on any atom is -0.487 e. The average Bonchev–Trinajstić information content (AvgIpc) is 2.64. The number of halogens is 1. The largest absolute Gasteiger partial charge is 0.487 e. The lowest BCUT2D eigenvalue weighted by Crippen LogP contribution is -2.20. The SMILES string of the molecule is Nc1ccc(F)cc1OC1CCNC1. The van der Waals surface area contributed by atoms with Crippen molar-refractivity contribution >= 4 is 5.69 Å². The summed E-state index contributed by atoms with van der Waals surface area (Å²) in [6.45, 7) is 1.75. The number of nitrogens with two attached hydrogens (primary N) is 1. The van der Waals surface area contributed by atoms with Crippen LogP contribution in [0.1, 0.15) is 6.42 Å². The van der Waals surface area contributed by atoms with Crippen LogP contribution >= 0.6 is 0 Å². The van der Waals surface area contributed by atoms with Gasteiger partial charge in [-0.2, -0.15) is 0 Å². The van der Waals surface area contributed by atoms with Crippen molar-refractivity contribution in [1.82, 2.24) is 5.32 Å². The van der Waals surface area contributed by atoms with Gasteiger partial charge in [0.15, 0.2) is 0 Å². The smallest absolute Gasteiger partial charge is 0.145 e. The molecule has 1 aromatic carbocycles. The summed E-state index contributed by atoms with van der Waals surface area (Å²) in [5.74, 6) is 0.124. The van der Waals surface area contributed by atoms with Crippen molar-refractivity contribution in [2.24, 2.45) is 0 Å². The average molecular weight is 196 g/mol. The Bertz CT molecular complexity index is 324. The first kappa shape index (κ1) is 9.27. The lowest BCUT2D eigenvalue weighted by Gasteiger charge is -2.13. The van der Waals surface area contributed by atoms with Gasteiger partial charge in [-0.25, -0.2) is 4.39 Å². The number of anilines is 1. The molecule has 1 heterocycles. The molecular weight excluding hydrogens is 183 g/mol. The van der Waals surface area contributed by atoms with Gasteiger partial charge in [-0.15, -0.1) is 0 Å². The Morgan fingerprint density at radius 2 is 2.36 bits per heavy atom. The van der Waals surface area contributed by atoms with E-state index in [1.54, 1.807) is 0 Å². The Morgan fingerprint density at radius 1 is 1.50 bits per heavy atom. The minimum atomic E-state index is -0.319. The fourth-order valence-electron chi connectivity index (χ4n) is 1.52. The summed E-state index contributed by atoms with van der Waals surface area (Å²) >= 11 is 0. The van der Waals surface area contributed by atoms with Crippen molar-refractivity contribution < 1.29 is 9.13 Å². The van der Waals surface area contributed by atoms with Crippen LogP contribution in [0.4, 0.5) is 10.1 Å². The highest BCUT2D eigenvalue weighted by atomic mass is 19.1. The molecule has 1 fully saturated rings. The number of rotatable bonds is 2. The molecular formula is C10H13FN2O. The van der Waals surface area contributed by atoms with E-state index in [4.69, 9.17) is 10.5 Å². The number of nitrogen functional groups attached to an aromatic ring is 1. The molecule has 3 nitrogen and oxygen atoms in total. The van der Waals surface area contributed by atoms with Crippen LogP contribution in [-0.2, 0) is 0 Å². The first-order valence-electron chi connectivity index (χ1n) is 4.68. The van der Waals surface area contributed by atoms with Gasteiger partial charge in [0.2, 0.25) is 0 Å². The number of hydrogen-bond donors (Lipinski definition) is 2. The van der Waals surface area contributed by atoms with Gasteiger partial charge in [-0.05, 0) is 25.1 Å². The van der Waals surface area contributed by atoms with Gasteiger partial charge in [0, 0.05) is 12.6 Å². The molecule has 76 valence electrons. The third kappa shape index (κ3) is 1.96. The van der Waals surface area contributed by atoms with Crippen LogP contribution in [0, 0.1) is 5.82 Å². The van der Waals surface area contributed by atoms with E-state index in [1.807, 2.05) is 0 Å². The van der Waals surface area contributed by atoms with Crippen LogP contribution in [0.2, 0.25) is 0 Å². The molecule has 0 spiro atoms. The van der Waals surface area contributed by atoms with E-state index in [0.717, 1.165) is 19.5 Å². The van der Waals surface area contributed by atoms with Gasteiger partial charge in [0.05, 0.1) is 5.69 Å². The fraction of sp³-hybridized carbons (Fsp3) is 0.400. The maximum Gasteiger partial charge on any atom is 0.145 e. The summed E-state index contributed by atoms with van der Waals surface area (Å²) in [6.07, 6.45) is 1.05. The molecule has 0 bridgehead atoms. The van der Waals surface area contributed by atoms with Gasteiger partial charge >= 0.3 is 0 Å². The zero-order valence-corrected chi connectivity index (χ0v) is 7.79. The molecule has 1 aromatic rings. The fourth-order valence-corrected chi connectivity index (χ4v) is 1.52. The first-order chi connectivity index (χ1) is 6.75. The highest BCUT2D eigenvalue weighted by Crippen LogP contribution is 2.24. The van der Waals surface area contributed by atoms with Gasteiger partial charge in [0.25, 0.3) is 0 Å². The zero-order chi connectivity index (χ0) is 9.97. The van der Waals surface area contributed by atoms with Crippen molar-refractivity contribution in [3.05, 3.63) is 24.0 Å². The van der Waals surface area contributed by atoms with E-state index in [0.29, 0.717) is 11.4 Å². The second-order valence-corrected chi connectivity index (χ2v) is 3.41. The van der Waals surface area contributed by atoms with E-state index in [2.05, 4.69) is 5.32 Å². The minimum absolute atomic E-state index is 0.110. The number of hydrogen-bond acceptors (Lipinski definition) is 3. The monoisotopic (exact) mass is 196 g/mol. The van der Waals surface area contributed by atoms with Gasteiger partial charge < -0.3 is 15.8 Å². The van der Waals surface area contributed by atoms with Crippen LogP contribution in [0.15, 0.2) is 18.2 Å². The molecule has 1 saturated heterocycles. The van der Waals surface area contributed by atoms with Crippen LogP contribution < -0.4 is 15.8 Å².